The zero-order valence-electron chi connectivity index (χ0n) is 17.5. The Bertz CT molecular complexity index is 1090. The Hall–Kier alpha value is -2.58. The van der Waals surface area contributed by atoms with Crippen LogP contribution in [0, 0.1) is 11.8 Å². The molecule has 0 saturated heterocycles. The standard InChI is InChI=1S/C24H28O7/c1-30-19-10-13-4-3-12-8-16(26)5-6-17(12)20(13)24(31-2)18(19)9-14-7-15(11-25)22(28)23(29)21(14)27/h3-6,8,10,14-15,21-23,25-29H,7,9,11H2,1-2H3/t14-,15-,21-,22-,23+/m0/s1. The molecule has 7 heteroatoms. The van der Waals surface area contributed by atoms with Crippen molar-refractivity contribution >= 4 is 21.5 Å². The molecule has 5 N–H and O–H groups in total. The van der Waals surface area contributed by atoms with Gasteiger partial charge < -0.3 is 35.0 Å². The SMILES string of the molecule is COc1cc2ccc3cc(O)ccc3c2c(OC)c1C[C@@H]1C[C@@H](CO)[C@H](O)[C@H](O)[C@H]1O. The lowest BCUT2D eigenvalue weighted by Gasteiger charge is -2.40. The molecule has 0 aromatic heterocycles. The molecule has 0 heterocycles. The first-order valence-electron chi connectivity index (χ1n) is 10.3. The molecule has 0 spiro atoms. The lowest BCUT2D eigenvalue weighted by Crippen LogP contribution is -2.52. The highest BCUT2D eigenvalue weighted by Gasteiger charge is 2.42. The van der Waals surface area contributed by atoms with E-state index in [1.54, 1.807) is 26.4 Å². The van der Waals surface area contributed by atoms with E-state index in [0.717, 1.165) is 27.1 Å². The van der Waals surface area contributed by atoms with E-state index in [9.17, 15) is 25.5 Å². The second kappa shape index (κ2) is 8.51. The largest absolute Gasteiger partial charge is 0.508 e. The molecule has 0 radical (unpaired) electrons. The summed E-state index contributed by atoms with van der Waals surface area (Å²) < 4.78 is 11.5. The van der Waals surface area contributed by atoms with Gasteiger partial charge in [0.05, 0.1) is 26.4 Å². The summed E-state index contributed by atoms with van der Waals surface area (Å²) in [5.74, 6) is 0.432. The second-order valence-electron chi connectivity index (χ2n) is 8.27. The first kappa shape index (κ1) is 21.6. The maximum Gasteiger partial charge on any atom is 0.134 e. The van der Waals surface area contributed by atoms with Crippen LogP contribution >= 0.6 is 0 Å². The summed E-state index contributed by atoms with van der Waals surface area (Å²) in [6.07, 6.45) is -2.97. The van der Waals surface area contributed by atoms with Gasteiger partial charge in [0.15, 0.2) is 0 Å². The van der Waals surface area contributed by atoms with E-state index in [2.05, 4.69) is 0 Å². The maximum atomic E-state index is 10.6. The number of aromatic hydroxyl groups is 1. The van der Waals surface area contributed by atoms with Crippen LogP contribution < -0.4 is 9.47 Å². The molecule has 0 bridgehead atoms. The molecule has 1 fully saturated rings. The van der Waals surface area contributed by atoms with Gasteiger partial charge in [-0.3, -0.25) is 0 Å². The number of fused-ring (bicyclic) bond motifs is 3. The number of rotatable bonds is 5. The number of ether oxygens (including phenoxy) is 2. The summed E-state index contributed by atoms with van der Waals surface area (Å²) in [5.41, 5.74) is 0.738. The van der Waals surface area contributed by atoms with E-state index >= 15 is 0 Å². The van der Waals surface area contributed by atoms with Crippen molar-refractivity contribution in [2.75, 3.05) is 20.8 Å². The van der Waals surface area contributed by atoms with Crippen LogP contribution in [-0.4, -0.2) is 64.7 Å². The summed E-state index contributed by atoms with van der Waals surface area (Å²) in [6.45, 7) is -0.276. The fourth-order valence-corrected chi connectivity index (χ4v) is 4.88. The van der Waals surface area contributed by atoms with Crippen LogP contribution in [0.1, 0.15) is 12.0 Å². The van der Waals surface area contributed by atoms with Crippen LogP contribution in [0.4, 0.5) is 0 Å². The minimum absolute atomic E-state index is 0.174. The molecule has 166 valence electrons. The maximum absolute atomic E-state index is 10.6. The molecule has 5 atom stereocenters. The van der Waals surface area contributed by atoms with Gasteiger partial charge in [-0.05, 0) is 59.2 Å². The van der Waals surface area contributed by atoms with Gasteiger partial charge in [0.2, 0.25) is 0 Å². The van der Waals surface area contributed by atoms with E-state index in [1.807, 2.05) is 24.3 Å². The number of aliphatic hydroxyl groups excluding tert-OH is 4. The molecule has 0 aliphatic heterocycles. The van der Waals surface area contributed by atoms with Crippen molar-refractivity contribution in [1.29, 1.82) is 0 Å². The molecule has 3 aromatic carbocycles. The zero-order chi connectivity index (χ0) is 22.3. The molecule has 0 amide bonds. The van der Waals surface area contributed by atoms with E-state index in [4.69, 9.17) is 9.47 Å². The van der Waals surface area contributed by atoms with Crippen molar-refractivity contribution in [2.24, 2.45) is 11.8 Å². The highest BCUT2D eigenvalue weighted by atomic mass is 16.5. The van der Waals surface area contributed by atoms with Gasteiger partial charge in [0, 0.05) is 23.5 Å². The van der Waals surface area contributed by atoms with Gasteiger partial charge in [-0.1, -0.05) is 12.1 Å². The predicted octanol–water partition coefficient (Wildman–Crippen LogP) is 1.97. The Morgan fingerprint density at radius 2 is 1.58 bits per heavy atom. The molecule has 1 saturated carbocycles. The summed E-state index contributed by atoms with van der Waals surface area (Å²) in [6, 6.07) is 10.9. The van der Waals surface area contributed by atoms with E-state index in [0.29, 0.717) is 24.3 Å². The minimum atomic E-state index is -1.34. The molecule has 0 unspecified atom stereocenters. The van der Waals surface area contributed by atoms with Crippen LogP contribution in [-0.2, 0) is 6.42 Å². The van der Waals surface area contributed by atoms with Gasteiger partial charge >= 0.3 is 0 Å². The Balaban J connectivity index is 1.87. The average Bonchev–Trinajstić information content (AvgIpc) is 2.78. The summed E-state index contributed by atoms with van der Waals surface area (Å²) in [5, 5.41) is 54.1. The number of phenols is 1. The monoisotopic (exact) mass is 428 g/mol. The van der Waals surface area contributed by atoms with Crippen molar-refractivity contribution in [1.82, 2.24) is 0 Å². The number of methoxy groups -OCH3 is 2. The quantitative estimate of drug-likeness (QED) is 0.394. The molecule has 3 aromatic rings. The Morgan fingerprint density at radius 1 is 0.871 bits per heavy atom. The number of aliphatic hydroxyl groups is 4. The van der Waals surface area contributed by atoms with Gasteiger partial charge in [-0.2, -0.15) is 0 Å². The van der Waals surface area contributed by atoms with Crippen molar-refractivity contribution in [3.8, 4) is 17.2 Å². The Morgan fingerprint density at radius 3 is 2.26 bits per heavy atom. The third kappa shape index (κ3) is 3.68. The average molecular weight is 428 g/mol. The molecular weight excluding hydrogens is 400 g/mol. The van der Waals surface area contributed by atoms with E-state index in [1.165, 1.54) is 0 Å². The highest BCUT2D eigenvalue weighted by Crippen LogP contribution is 2.44. The number of benzene rings is 3. The lowest BCUT2D eigenvalue weighted by atomic mass is 9.73. The van der Waals surface area contributed by atoms with E-state index < -0.39 is 30.1 Å². The topological polar surface area (TPSA) is 120 Å². The van der Waals surface area contributed by atoms with Gasteiger partial charge in [-0.15, -0.1) is 0 Å². The van der Waals surface area contributed by atoms with Crippen LogP contribution in [0.5, 0.6) is 17.2 Å². The normalized spacial score (nSPS) is 26.3. The zero-order valence-corrected chi connectivity index (χ0v) is 17.5. The minimum Gasteiger partial charge on any atom is -0.508 e. The predicted molar refractivity (Wildman–Crippen MR) is 117 cm³/mol. The van der Waals surface area contributed by atoms with E-state index in [-0.39, 0.29) is 12.4 Å². The summed E-state index contributed by atoms with van der Waals surface area (Å²) >= 11 is 0. The molecule has 1 aliphatic rings. The van der Waals surface area contributed by atoms with Crippen molar-refractivity contribution < 1.29 is 35.0 Å². The smallest absolute Gasteiger partial charge is 0.134 e. The lowest BCUT2D eigenvalue weighted by molar-refractivity contribution is -0.141. The molecule has 4 rings (SSSR count). The molecular formula is C24H28O7. The summed E-state index contributed by atoms with van der Waals surface area (Å²) in [4.78, 5) is 0. The fraction of sp³-hybridized carbons (Fsp3) is 0.417. The number of hydrogen-bond acceptors (Lipinski definition) is 7. The molecule has 7 nitrogen and oxygen atoms in total. The van der Waals surface area contributed by atoms with Crippen molar-refractivity contribution in [3.63, 3.8) is 0 Å². The third-order valence-corrected chi connectivity index (χ3v) is 6.52. The summed E-state index contributed by atoms with van der Waals surface area (Å²) in [7, 11) is 3.14. The first-order chi connectivity index (χ1) is 14.9. The number of hydrogen-bond donors (Lipinski definition) is 5. The van der Waals surface area contributed by atoms with Crippen LogP contribution in [0.3, 0.4) is 0 Å². The third-order valence-electron chi connectivity index (χ3n) is 6.52. The van der Waals surface area contributed by atoms with Crippen molar-refractivity contribution in [3.05, 3.63) is 42.0 Å². The van der Waals surface area contributed by atoms with Crippen LogP contribution in [0.15, 0.2) is 36.4 Å². The second-order valence-corrected chi connectivity index (χ2v) is 8.27. The van der Waals surface area contributed by atoms with Gasteiger partial charge in [-0.25, -0.2) is 0 Å². The Kier molecular flexibility index (Phi) is 5.94. The highest BCUT2D eigenvalue weighted by molar-refractivity contribution is 6.12. The van der Waals surface area contributed by atoms with Crippen molar-refractivity contribution in [2.45, 2.75) is 31.2 Å². The fourth-order valence-electron chi connectivity index (χ4n) is 4.88. The number of phenolic OH excluding ortho intramolecular Hbond substituents is 1. The van der Waals surface area contributed by atoms with Gasteiger partial charge in [0.25, 0.3) is 0 Å². The molecule has 1 aliphatic carbocycles. The van der Waals surface area contributed by atoms with Crippen LogP contribution in [0.2, 0.25) is 0 Å². The Labute approximate surface area is 180 Å². The van der Waals surface area contributed by atoms with Crippen LogP contribution in [0.25, 0.3) is 21.5 Å². The van der Waals surface area contributed by atoms with Gasteiger partial charge in [0.1, 0.15) is 23.4 Å². The first-order valence-corrected chi connectivity index (χ1v) is 10.3. The molecule has 31 heavy (non-hydrogen) atoms.